The van der Waals surface area contributed by atoms with Gasteiger partial charge in [0.05, 0.1) is 0 Å². The largest absolute Gasteiger partial charge is 0.428 e. The van der Waals surface area contributed by atoms with Gasteiger partial charge in [-0.3, -0.25) is 0 Å². The maximum absolute atomic E-state index is 7.59. The third-order valence-electron chi connectivity index (χ3n) is 0.216. The van der Waals surface area contributed by atoms with E-state index in [2.05, 4.69) is 15.0 Å². The van der Waals surface area contributed by atoms with Crippen LogP contribution in [0.15, 0.2) is 10.3 Å². The van der Waals surface area contributed by atoms with E-state index in [1.807, 2.05) is 0 Å². The summed E-state index contributed by atoms with van der Waals surface area (Å²) in [5, 5.41) is 20.0. The van der Waals surface area contributed by atoms with Crippen molar-refractivity contribution in [3.63, 3.8) is 0 Å². The van der Waals surface area contributed by atoms with Gasteiger partial charge in [-0.1, -0.05) is 10.3 Å². The lowest BCUT2D eigenvalue weighted by Gasteiger charge is -1.77. The standard InChI is InChI=1S/C2H4N2O3/c5-3-1-7-2-4-6/h1-2,5-6H. The summed E-state index contributed by atoms with van der Waals surface area (Å²) in [5.41, 5.74) is 0. The van der Waals surface area contributed by atoms with Gasteiger partial charge in [-0.25, -0.2) is 0 Å². The number of nitrogens with zero attached hydrogens (tertiary/aromatic N) is 2. The van der Waals surface area contributed by atoms with E-state index in [1.165, 1.54) is 0 Å². The van der Waals surface area contributed by atoms with Crippen molar-refractivity contribution in [1.29, 1.82) is 0 Å². The van der Waals surface area contributed by atoms with E-state index in [0.717, 1.165) is 0 Å². The molecule has 0 fully saturated rings. The predicted octanol–water partition coefficient (Wildman–Crippen LogP) is -0.162. The summed E-state index contributed by atoms with van der Waals surface area (Å²) in [5.74, 6) is 0. The van der Waals surface area contributed by atoms with E-state index in [1.54, 1.807) is 0 Å². The summed E-state index contributed by atoms with van der Waals surface area (Å²) in [6.45, 7) is 0. The molecule has 0 aromatic carbocycles. The van der Waals surface area contributed by atoms with Crippen molar-refractivity contribution in [2.24, 2.45) is 10.3 Å². The van der Waals surface area contributed by atoms with Crippen LogP contribution in [0.4, 0.5) is 0 Å². The van der Waals surface area contributed by atoms with Crippen molar-refractivity contribution in [2.45, 2.75) is 0 Å². The Bertz CT molecular complexity index is 69.0. The Hall–Kier alpha value is -1.26. The fourth-order valence-electron chi connectivity index (χ4n) is 0.0816. The predicted molar refractivity (Wildman–Crippen MR) is 21.6 cm³/mol. The summed E-state index contributed by atoms with van der Waals surface area (Å²) in [6, 6.07) is 0. The molecule has 0 aromatic rings. The average Bonchev–Trinajstić information content (AvgIpc) is 1.69. The van der Waals surface area contributed by atoms with Crippen molar-refractivity contribution in [1.82, 2.24) is 0 Å². The molecule has 0 saturated heterocycles. The van der Waals surface area contributed by atoms with Crippen LogP contribution in [0, 0.1) is 0 Å². The number of hydrogen-bond acceptors (Lipinski definition) is 5. The molecule has 0 unspecified atom stereocenters. The first-order valence-corrected chi connectivity index (χ1v) is 1.39. The molecule has 0 aliphatic heterocycles. The van der Waals surface area contributed by atoms with Crippen LogP contribution in [0.1, 0.15) is 0 Å². The molecule has 5 nitrogen and oxygen atoms in total. The molecular formula is C2H4N2O3. The molecule has 0 radical (unpaired) electrons. The molecule has 0 aliphatic rings. The first kappa shape index (κ1) is 5.74. The van der Waals surface area contributed by atoms with Gasteiger partial charge < -0.3 is 15.2 Å². The van der Waals surface area contributed by atoms with E-state index in [9.17, 15) is 0 Å². The summed E-state index contributed by atoms with van der Waals surface area (Å²) in [6.07, 6.45) is 1.42. The van der Waals surface area contributed by atoms with Crippen molar-refractivity contribution in [2.75, 3.05) is 0 Å². The highest BCUT2D eigenvalue weighted by Gasteiger charge is 1.62. The smallest absolute Gasteiger partial charge is 0.219 e. The van der Waals surface area contributed by atoms with Gasteiger partial charge in [0.25, 0.3) is 0 Å². The molecule has 0 saturated carbocycles. The van der Waals surface area contributed by atoms with Crippen LogP contribution in [0.5, 0.6) is 0 Å². The number of oxime groups is 2. The van der Waals surface area contributed by atoms with E-state index in [4.69, 9.17) is 10.4 Å². The first-order chi connectivity index (χ1) is 3.41. The molecular weight excluding hydrogens is 100 g/mol. The van der Waals surface area contributed by atoms with Crippen LogP contribution in [0.3, 0.4) is 0 Å². The molecule has 40 valence electrons. The Morgan fingerprint density at radius 3 is 1.86 bits per heavy atom. The number of ether oxygens (including phenoxy) is 1. The second kappa shape index (κ2) is 4.74. The molecule has 5 heteroatoms. The van der Waals surface area contributed by atoms with Crippen molar-refractivity contribution < 1.29 is 15.2 Å². The van der Waals surface area contributed by atoms with Crippen molar-refractivity contribution in [3.8, 4) is 0 Å². The first-order valence-electron chi connectivity index (χ1n) is 1.39. The van der Waals surface area contributed by atoms with Gasteiger partial charge in [-0.2, -0.15) is 0 Å². The Labute approximate surface area is 39.5 Å². The number of hydrogen-bond donors (Lipinski definition) is 2. The second-order valence-electron chi connectivity index (χ2n) is 0.578. The third-order valence-corrected chi connectivity index (χ3v) is 0.216. The zero-order valence-corrected chi connectivity index (χ0v) is 3.35. The summed E-state index contributed by atoms with van der Waals surface area (Å²) >= 11 is 0. The highest BCUT2D eigenvalue weighted by molar-refractivity contribution is 5.62. The van der Waals surface area contributed by atoms with Crippen LogP contribution < -0.4 is 0 Å². The monoisotopic (exact) mass is 104 g/mol. The third kappa shape index (κ3) is 4.74. The molecule has 2 N–H and O–H groups in total. The summed E-state index contributed by atoms with van der Waals surface area (Å²) in [4.78, 5) is 0. The molecule has 0 aromatic heterocycles. The summed E-state index contributed by atoms with van der Waals surface area (Å²) < 4.78 is 4.05. The van der Waals surface area contributed by atoms with Gasteiger partial charge in [0, 0.05) is 0 Å². The minimum atomic E-state index is 0.708. The Kier molecular flexibility index (Phi) is 3.89. The fraction of sp³-hybridized carbons (Fsp3) is 0. The maximum Gasteiger partial charge on any atom is 0.219 e. The maximum atomic E-state index is 7.59. The lowest BCUT2D eigenvalue weighted by Crippen LogP contribution is -1.80. The van der Waals surface area contributed by atoms with Gasteiger partial charge >= 0.3 is 0 Å². The minimum Gasteiger partial charge on any atom is -0.428 e. The Balaban J connectivity index is 2.98. The van der Waals surface area contributed by atoms with Crippen LogP contribution in [0.2, 0.25) is 0 Å². The Morgan fingerprint density at radius 2 is 1.57 bits per heavy atom. The van der Waals surface area contributed by atoms with E-state index >= 15 is 0 Å². The number of rotatable bonds is 2. The van der Waals surface area contributed by atoms with E-state index in [0.29, 0.717) is 12.8 Å². The van der Waals surface area contributed by atoms with Crippen LogP contribution in [-0.4, -0.2) is 23.2 Å². The molecule has 0 heterocycles. The van der Waals surface area contributed by atoms with Gasteiger partial charge in [0.1, 0.15) is 0 Å². The molecule has 0 rings (SSSR count). The molecule has 0 spiro atoms. The SMILES string of the molecule is ON=COC=NO. The van der Waals surface area contributed by atoms with Gasteiger partial charge in [0.2, 0.25) is 12.8 Å². The van der Waals surface area contributed by atoms with Crippen LogP contribution >= 0.6 is 0 Å². The molecule has 0 aliphatic carbocycles. The molecule has 0 bridgehead atoms. The fourth-order valence-corrected chi connectivity index (χ4v) is 0.0816. The molecule has 0 atom stereocenters. The second-order valence-corrected chi connectivity index (χ2v) is 0.578. The van der Waals surface area contributed by atoms with Gasteiger partial charge in [-0.05, 0) is 0 Å². The highest BCUT2D eigenvalue weighted by Crippen LogP contribution is 1.56. The highest BCUT2D eigenvalue weighted by atomic mass is 16.5. The normalized spacial score (nSPS) is 10.9. The molecule has 0 amide bonds. The average molecular weight is 104 g/mol. The quantitative estimate of drug-likeness (QED) is 0.221. The van der Waals surface area contributed by atoms with Crippen molar-refractivity contribution >= 4 is 12.8 Å². The van der Waals surface area contributed by atoms with Gasteiger partial charge in [-0.15, -0.1) is 0 Å². The summed E-state index contributed by atoms with van der Waals surface area (Å²) in [7, 11) is 0. The van der Waals surface area contributed by atoms with Crippen LogP contribution in [0.25, 0.3) is 0 Å². The van der Waals surface area contributed by atoms with Gasteiger partial charge in [0.15, 0.2) is 0 Å². The van der Waals surface area contributed by atoms with Crippen molar-refractivity contribution in [3.05, 3.63) is 0 Å². The lowest BCUT2D eigenvalue weighted by molar-refractivity contribution is 0.298. The topological polar surface area (TPSA) is 74.4 Å². The minimum absolute atomic E-state index is 0.708. The lowest BCUT2D eigenvalue weighted by atomic mass is 11.4. The zero-order chi connectivity index (χ0) is 5.54. The van der Waals surface area contributed by atoms with Crippen LogP contribution in [-0.2, 0) is 4.74 Å². The zero-order valence-electron chi connectivity index (χ0n) is 3.35. The van der Waals surface area contributed by atoms with E-state index in [-0.39, 0.29) is 0 Å². The Morgan fingerprint density at radius 1 is 1.14 bits per heavy atom. The van der Waals surface area contributed by atoms with E-state index < -0.39 is 0 Å². The molecule has 7 heavy (non-hydrogen) atoms.